The van der Waals surface area contributed by atoms with E-state index in [0.717, 1.165) is 37.6 Å². The standard InChI is InChI=1S/C16H23N5/c1-3-21(4-2)11-10-18-15-12-14(17)19-16(20-15)13-8-6-5-7-9-13/h5-9,12H,3-4,10-11H2,1-2H3,(H3,17,18,19,20). The lowest BCUT2D eigenvalue weighted by molar-refractivity contribution is 0.316. The molecule has 0 radical (unpaired) electrons. The van der Waals surface area contributed by atoms with Crippen LogP contribution in [0.5, 0.6) is 0 Å². The summed E-state index contributed by atoms with van der Waals surface area (Å²) in [6.45, 7) is 8.27. The maximum absolute atomic E-state index is 5.88. The summed E-state index contributed by atoms with van der Waals surface area (Å²) >= 11 is 0. The maximum atomic E-state index is 5.88. The van der Waals surface area contributed by atoms with E-state index in [1.54, 1.807) is 6.07 Å². The lowest BCUT2D eigenvalue weighted by Crippen LogP contribution is -2.28. The molecule has 0 atom stereocenters. The molecule has 1 aromatic carbocycles. The van der Waals surface area contributed by atoms with E-state index < -0.39 is 0 Å². The number of aromatic nitrogens is 2. The van der Waals surface area contributed by atoms with Crippen LogP contribution >= 0.6 is 0 Å². The van der Waals surface area contributed by atoms with Gasteiger partial charge in [0.25, 0.3) is 0 Å². The van der Waals surface area contributed by atoms with E-state index in [1.165, 1.54) is 0 Å². The summed E-state index contributed by atoms with van der Waals surface area (Å²) in [6.07, 6.45) is 0. The Kier molecular flexibility index (Phi) is 5.51. The summed E-state index contributed by atoms with van der Waals surface area (Å²) in [5.74, 6) is 1.91. The van der Waals surface area contributed by atoms with Gasteiger partial charge in [-0.15, -0.1) is 0 Å². The summed E-state index contributed by atoms with van der Waals surface area (Å²) in [4.78, 5) is 11.2. The van der Waals surface area contributed by atoms with Crippen LogP contribution in [0.25, 0.3) is 11.4 Å². The summed E-state index contributed by atoms with van der Waals surface area (Å²) in [7, 11) is 0. The molecule has 1 aromatic heterocycles. The second-order valence-corrected chi connectivity index (χ2v) is 4.82. The van der Waals surface area contributed by atoms with Crippen molar-refractivity contribution in [3.8, 4) is 11.4 Å². The zero-order valence-electron chi connectivity index (χ0n) is 12.7. The van der Waals surface area contributed by atoms with E-state index in [2.05, 4.69) is 34.0 Å². The number of benzene rings is 1. The highest BCUT2D eigenvalue weighted by molar-refractivity contribution is 5.60. The highest BCUT2D eigenvalue weighted by Crippen LogP contribution is 2.18. The summed E-state index contributed by atoms with van der Waals surface area (Å²) in [5, 5.41) is 3.32. The Morgan fingerprint density at radius 1 is 1.10 bits per heavy atom. The fourth-order valence-corrected chi connectivity index (χ4v) is 2.15. The fraction of sp³-hybridized carbons (Fsp3) is 0.375. The monoisotopic (exact) mass is 285 g/mol. The number of hydrogen-bond donors (Lipinski definition) is 2. The van der Waals surface area contributed by atoms with Gasteiger partial charge in [0.1, 0.15) is 11.6 Å². The normalized spacial score (nSPS) is 10.8. The van der Waals surface area contributed by atoms with Crippen LogP contribution in [0.2, 0.25) is 0 Å². The third-order valence-electron chi connectivity index (χ3n) is 3.41. The molecule has 0 amide bonds. The molecule has 21 heavy (non-hydrogen) atoms. The average Bonchev–Trinajstić information content (AvgIpc) is 2.52. The van der Waals surface area contributed by atoms with Crippen LogP contribution in [0.1, 0.15) is 13.8 Å². The van der Waals surface area contributed by atoms with Crippen molar-refractivity contribution < 1.29 is 0 Å². The smallest absolute Gasteiger partial charge is 0.163 e. The van der Waals surface area contributed by atoms with Crippen LogP contribution in [0.4, 0.5) is 11.6 Å². The second-order valence-electron chi connectivity index (χ2n) is 4.82. The van der Waals surface area contributed by atoms with Gasteiger partial charge in [-0.25, -0.2) is 9.97 Å². The van der Waals surface area contributed by atoms with Crippen LogP contribution in [0.3, 0.4) is 0 Å². The minimum absolute atomic E-state index is 0.481. The molecule has 0 saturated heterocycles. The lowest BCUT2D eigenvalue weighted by atomic mass is 10.2. The molecule has 2 aromatic rings. The summed E-state index contributed by atoms with van der Waals surface area (Å²) < 4.78 is 0. The molecule has 0 bridgehead atoms. The maximum Gasteiger partial charge on any atom is 0.163 e. The van der Waals surface area contributed by atoms with Gasteiger partial charge in [0.2, 0.25) is 0 Å². The Hall–Kier alpha value is -2.14. The molecule has 0 fully saturated rings. The molecule has 0 spiro atoms. The largest absolute Gasteiger partial charge is 0.384 e. The molecule has 5 heteroatoms. The lowest BCUT2D eigenvalue weighted by Gasteiger charge is -2.18. The minimum atomic E-state index is 0.481. The molecule has 0 aliphatic carbocycles. The molecule has 0 unspecified atom stereocenters. The van der Waals surface area contributed by atoms with Gasteiger partial charge in [0.15, 0.2) is 5.82 Å². The molecule has 112 valence electrons. The highest BCUT2D eigenvalue weighted by atomic mass is 15.1. The number of nitrogen functional groups attached to an aromatic ring is 1. The van der Waals surface area contributed by atoms with Gasteiger partial charge in [0, 0.05) is 24.7 Å². The van der Waals surface area contributed by atoms with Crippen LogP contribution in [0, 0.1) is 0 Å². The zero-order chi connectivity index (χ0) is 15.1. The first kappa shape index (κ1) is 15.3. The van der Waals surface area contributed by atoms with Crippen molar-refractivity contribution in [3.05, 3.63) is 36.4 Å². The van der Waals surface area contributed by atoms with Crippen LogP contribution in [0.15, 0.2) is 36.4 Å². The number of rotatable bonds is 7. The van der Waals surface area contributed by atoms with Gasteiger partial charge in [-0.2, -0.15) is 0 Å². The van der Waals surface area contributed by atoms with E-state index in [0.29, 0.717) is 11.6 Å². The van der Waals surface area contributed by atoms with E-state index in [1.807, 2.05) is 30.3 Å². The van der Waals surface area contributed by atoms with Gasteiger partial charge in [0.05, 0.1) is 0 Å². The van der Waals surface area contributed by atoms with Gasteiger partial charge in [-0.05, 0) is 13.1 Å². The number of nitrogens with one attached hydrogen (secondary N) is 1. The van der Waals surface area contributed by atoms with Gasteiger partial charge < -0.3 is 16.0 Å². The van der Waals surface area contributed by atoms with E-state index in [-0.39, 0.29) is 0 Å². The summed E-state index contributed by atoms with van der Waals surface area (Å²) in [5.41, 5.74) is 6.85. The Balaban J connectivity index is 2.06. The Bertz CT molecular complexity index is 552. The molecule has 2 rings (SSSR count). The van der Waals surface area contributed by atoms with E-state index in [4.69, 9.17) is 5.73 Å². The van der Waals surface area contributed by atoms with Crippen LogP contribution < -0.4 is 11.1 Å². The third-order valence-corrected chi connectivity index (χ3v) is 3.41. The molecular formula is C16H23N5. The van der Waals surface area contributed by atoms with Crippen LogP contribution in [-0.4, -0.2) is 41.0 Å². The molecule has 0 saturated carbocycles. The van der Waals surface area contributed by atoms with Gasteiger partial charge in [-0.3, -0.25) is 0 Å². The first-order valence-corrected chi connectivity index (χ1v) is 7.39. The summed E-state index contributed by atoms with van der Waals surface area (Å²) in [6, 6.07) is 11.6. The molecule has 5 nitrogen and oxygen atoms in total. The first-order chi connectivity index (χ1) is 10.2. The predicted molar refractivity (Wildman–Crippen MR) is 88.2 cm³/mol. The number of nitrogens with two attached hydrogens (primary N) is 1. The minimum Gasteiger partial charge on any atom is -0.384 e. The SMILES string of the molecule is CCN(CC)CCNc1cc(N)nc(-c2ccccc2)n1. The van der Waals surface area contributed by atoms with Crippen molar-refractivity contribution in [1.82, 2.24) is 14.9 Å². The molecule has 0 aliphatic rings. The second kappa shape index (κ2) is 7.59. The Morgan fingerprint density at radius 2 is 1.81 bits per heavy atom. The molecule has 0 aliphatic heterocycles. The Labute approximate surface area is 126 Å². The van der Waals surface area contributed by atoms with Crippen molar-refractivity contribution in [2.45, 2.75) is 13.8 Å². The van der Waals surface area contributed by atoms with Crippen molar-refractivity contribution in [1.29, 1.82) is 0 Å². The first-order valence-electron chi connectivity index (χ1n) is 7.39. The highest BCUT2D eigenvalue weighted by Gasteiger charge is 2.05. The molecule has 1 heterocycles. The van der Waals surface area contributed by atoms with Gasteiger partial charge in [-0.1, -0.05) is 44.2 Å². The Morgan fingerprint density at radius 3 is 2.48 bits per heavy atom. The third kappa shape index (κ3) is 4.43. The van der Waals surface area contributed by atoms with E-state index >= 15 is 0 Å². The van der Waals surface area contributed by atoms with Crippen molar-refractivity contribution in [2.24, 2.45) is 0 Å². The fourth-order valence-electron chi connectivity index (χ4n) is 2.15. The van der Waals surface area contributed by atoms with Crippen molar-refractivity contribution >= 4 is 11.6 Å². The zero-order valence-corrected chi connectivity index (χ0v) is 12.7. The molecular weight excluding hydrogens is 262 g/mol. The average molecular weight is 285 g/mol. The number of nitrogens with zero attached hydrogens (tertiary/aromatic N) is 3. The predicted octanol–water partition coefficient (Wildman–Crippen LogP) is 2.48. The van der Waals surface area contributed by atoms with Crippen molar-refractivity contribution in [3.63, 3.8) is 0 Å². The number of hydrogen-bond acceptors (Lipinski definition) is 5. The molecule has 3 N–H and O–H groups in total. The van der Waals surface area contributed by atoms with Crippen molar-refractivity contribution in [2.75, 3.05) is 37.2 Å². The van der Waals surface area contributed by atoms with E-state index in [9.17, 15) is 0 Å². The number of likely N-dealkylation sites (N-methyl/N-ethyl adjacent to an activating group) is 1. The van der Waals surface area contributed by atoms with Gasteiger partial charge >= 0.3 is 0 Å². The van der Waals surface area contributed by atoms with Crippen LogP contribution in [-0.2, 0) is 0 Å². The quantitative estimate of drug-likeness (QED) is 0.818. The number of anilines is 2. The topological polar surface area (TPSA) is 67.1 Å².